The summed E-state index contributed by atoms with van der Waals surface area (Å²) in [6.45, 7) is 2.29. The molecule has 2 aliphatic carbocycles. The van der Waals surface area contributed by atoms with E-state index in [0.717, 1.165) is 17.6 Å². The lowest BCUT2D eigenvalue weighted by atomic mass is 9.69. The molecule has 4 atom stereocenters. The van der Waals surface area contributed by atoms with Crippen LogP contribution >= 0.6 is 0 Å². The maximum absolute atomic E-state index is 5.24. The van der Waals surface area contributed by atoms with Gasteiger partial charge >= 0.3 is 0 Å². The van der Waals surface area contributed by atoms with Gasteiger partial charge in [0.1, 0.15) is 5.75 Å². The Balaban J connectivity index is 1.55. The van der Waals surface area contributed by atoms with Crippen LogP contribution in [0.5, 0.6) is 5.75 Å². The lowest BCUT2D eigenvalue weighted by Gasteiger charge is -2.40. The lowest BCUT2D eigenvalue weighted by molar-refractivity contribution is 0.139. The molecule has 0 amide bonds. The van der Waals surface area contributed by atoms with E-state index in [1.807, 2.05) is 0 Å². The molecule has 1 N–H and O–H groups in total. The zero-order valence-corrected chi connectivity index (χ0v) is 13.5. The highest BCUT2D eigenvalue weighted by Gasteiger charge is 2.32. The number of hydrogen-bond donors (Lipinski definition) is 1. The Morgan fingerprint density at radius 1 is 1.00 bits per heavy atom. The zero-order chi connectivity index (χ0) is 14.7. The van der Waals surface area contributed by atoms with Gasteiger partial charge in [0.2, 0.25) is 0 Å². The summed E-state index contributed by atoms with van der Waals surface area (Å²) in [5.41, 5.74) is 1.36. The average molecular weight is 287 g/mol. The molecule has 2 fully saturated rings. The maximum atomic E-state index is 5.24. The van der Waals surface area contributed by atoms with E-state index in [-0.39, 0.29) is 0 Å². The molecule has 2 saturated carbocycles. The Bertz CT molecular complexity index is 441. The number of rotatable bonds is 4. The summed E-state index contributed by atoms with van der Waals surface area (Å²) < 4.78 is 5.24. The van der Waals surface area contributed by atoms with Gasteiger partial charge in [-0.05, 0) is 55.7 Å². The van der Waals surface area contributed by atoms with Gasteiger partial charge in [0.25, 0.3) is 0 Å². The second-order valence-corrected chi connectivity index (χ2v) is 6.98. The number of nitrogens with one attached hydrogen (secondary N) is 1. The van der Waals surface area contributed by atoms with Crippen LogP contribution in [0.3, 0.4) is 0 Å². The van der Waals surface area contributed by atoms with Crippen LogP contribution in [0.1, 0.15) is 63.5 Å². The molecular weight excluding hydrogens is 258 g/mol. The summed E-state index contributed by atoms with van der Waals surface area (Å²) >= 11 is 0. The summed E-state index contributed by atoms with van der Waals surface area (Å²) in [6.07, 6.45) is 10.1. The molecule has 3 unspecified atom stereocenters. The first-order chi connectivity index (χ1) is 10.3. The largest absolute Gasteiger partial charge is 0.497 e. The quantitative estimate of drug-likeness (QED) is 0.866. The summed E-state index contributed by atoms with van der Waals surface area (Å²) in [5, 5.41) is 3.86. The Kier molecular flexibility index (Phi) is 4.84. The van der Waals surface area contributed by atoms with E-state index in [0.29, 0.717) is 12.1 Å². The maximum Gasteiger partial charge on any atom is 0.118 e. The van der Waals surface area contributed by atoms with Crippen molar-refractivity contribution in [3.63, 3.8) is 0 Å². The standard InChI is InChI=1S/C19H29NO/c1-14(15-8-11-19(21-2)12-9-15)20-18-10-7-16-5-3-4-6-17(16)13-18/h8-9,11-12,14,16-18,20H,3-7,10,13H2,1-2H3/t14-,16?,17?,18?/m0/s1. The first-order valence-corrected chi connectivity index (χ1v) is 8.66. The van der Waals surface area contributed by atoms with Gasteiger partial charge in [-0.25, -0.2) is 0 Å². The average Bonchev–Trinajstić information content (AvgIpc) is 2.55. The van der Waals surface area contributed by atoms with Crippen molar-refractivity contribution in [2.75, 3.05) is 7.11 Å². The molecule has 1 aromatic rings. The summed E-state index contributed by atoms with van der Waals surface area (Å²) in [6, 6.07) is 9.63. The predicted octanol–water partition coefficient (Wildman–Crippen LogP) is 4.70. The minimum atomic E-state index is 0.432. The molecule has 2 aliphatic rings. The molecular formula is C19H29NO. The molecule has 0 aliphatic heterocycles. The molecule has 3 rings (SSSR count). The van der Waals surface area contributed by atoms with Gasteiger partial charge in [0.05, 0.1) is 7.11 Å². The van der Waals surface area contributed by atoms with Gasteiger partial charge < -0.3 is 10.1 Å². The van der Waals surface area contributed by atoms with Gasteiger partial charge in [-0.1, -0.05) is 37.8 Å². The molecule has 116 valence electrons. The molecule has 0 spiro atoms. The van der Waals surface area contributed by atoms with Crippen molar-refractivity contribution in [3.8, 4) is 5.75 Å². The SMILES string of the molecule is COc1ccc([C@H](C)NC2CCC3CCCCC3C2)cc1. The summed E-state index contributed by atoms with van der Waals surface area (Å²) in [5.74, 6) is 2.97. The van der Waals surface area contributed by atoms with Crippen molar-refractivity contribution in [1.82, 2.24) is 5.32 Å². The molecule has 0 aromatic heterocycles. The van der Waals surface area contributed by atoms with Crippen molar-refractivity contribution in [1.29, 1.82) is 0 Å². The first kappa shape index (κ1) is 14.9. The van der Waals surface area contributed by atoms with E-state index in [4.69, 9.17) is 4.74 Å². The van der Waals surface area contributed by atoms with Crippen molar-refractivity contribution < 1.29 is 4.74 Å². The van der Waals surface area contributed by atoms with E-state index in [1.165, 1.54) is 50.5 Å². The number of fused-ring (bicyclic) bond motifs is 1. The fourth-order valence-corrected chi connectivity index (χ4v) is 4.37. The van der Waals surface area contributed by atoms with Crippen LogP contribution in [0, 0.1) is 11.8 Å². The van der Waals surface area contributed by atoms with E-state index in [9.17, 15) is 0 Å². The number of benzene rings is 1. The van der Waals surface area contributed by atoms with E-state index < -0.39 is 0 Å². The molecule has 1 aromatic carbocycles. The van der Waals surface area contributed by atoms with Crippen LogP contribution in [0.15, 0.2) is 24.3 Å². The Morgan fingerprint density at radius 2 is 1.71 bits per heavy atom. The van der Waals surface area contributed by atoms with Crippen LogP contribution in [-0.2, 0) is 0 Å². The second-order valence-electron chi connectivity index (χ2n) is 6.98. The fourth-order valence-electron chi connectivity index (χ4n) is 4.37. The Hall–Kier alpha value is -1.02. The van der Waals surface area contributed by atoms with Crippen LogP contribution in [0.25, 0.3) is 0 Å². The lowest BCUT2D eigenvalue weighted by Crippen LogP contribution is -2.39. The van der Waals surface area contributed by atoms with Crippen LogP contribution in [-0.4, -0.2) is 13.2 Å². The van der Waals surface area contributed by atoms with E-state index in [1.54, 1.807) is 7.11 Å². The molecule has 0 saturated heterocycles. The van der Waals surface area contributed by atoms with Gasteiger partial charge in [0.15, 0.2) is 0 Å². The smallest absolute Gasteiger partial charge is 0.118 e. The van der Waals surface area contributed by atoms with E-state index in [2.05, 4.69) is 36.5 Å². The molecule has 21 heavy (non-hydrogen) atoms. The fraction of sp³-hybridized carbons (Fsp3) is 0.684. The molecule has 2 heteroatoms. The van der Waals surface area contributed by atoms with Gasteiger partial charge in [-0.15, -0.1) is 0 Å². The number of methoxy groups -OCH3 is 1. The Morgan fingerprint density at radius 3 is 2.43 bits per heavy atom. The molecule has 0 heterocycles. The van der Waals surface area contributed by atoms with Crippen LogP contribution < -0.4 is 10.1 Å². The van der Waals surface area contributed by atoms with Crippen LogP contribution in [0.4, 0.5) is 0 Å². The van der Waals surface area contributed by atoms with Crippen molar-refractivity contribution in [2.45, 2.75) is 64.0 Å². The minimum Gasteiger partial charge on any atom is -0.497 e. The van der Waals surface area contributed by atoms with Gasteiger partial charge in [0, 0.05) is 12.1 Å². The van der Waals surface area contributed by atoms with Crippen molar-refractivity contribution in [2.24, 2.45) is 11.8 Å². The van der Waals surface area contributed by atoms with E-state index >= 15 is 0 Å². The highest BCUT2D eigenvalue weighted by molar-refractivity contribution is 5.28. The third-order valence-corrected chi connectivity index (χ3v) is 5.64. The molecule has 0 radical (unpaired) electrons. The van der Waals surface area contributed by atoms with Crippen LogP contribution in [0.2, 0.25) is 0 Å². The highest BCUT2D eigenvalue weighted by Crippen LogP contribution is 2.40. The Labute approximate surface area is 129 Å². The third-order valence-electron chi connectivity index (χ3n) is 5.64. The molecule has 0 bridgehead atoms. The predicted molar refractivity (Wildman–Crippen MR) is 87.6 cm³/mol. The highest BCUT2D eigenvalue weighted by atomic mass is 16.5. The molecule has 2 nitrogen and oxygen atoms in total. The second kappa shape index (κ2) is 6.83. The first-order valence-electron chi connectivity index (χ1n) is 8.66. The number of hydrogen-bond acceptors (Lipinski definition) is 2. The summed E-state index contributed by atoms with van der Waals surface area (Å²) in [4.78, 5) is 0. The van der Waals surface area contributed by atoms with Gasteiger partial charge in [-0.3, -0.25) is 0 Å². The van der Waals surface area contributed by atoms with Crippen molar-refractivity contribution in [3.05, 3.63) is 29.8 Å². The minimum absolute atomic E-state index is 0.432. The number of ether oxygens (including phenoxy) is 1. The monoisotopic (exact) mass is 287 g/mol. The van der Waals surface area contributed by atoms with Gasteiger partial charge in [-0.2, -0.15) is 0 Å². The topological polar surface area (TPSA) is 21.3 Å². The zero-order valence-electron chi connectivity index (χ0n) is 13.5. The third kappa shape index (κ3) is 3.60. The normalized spacial score (nSPS) is 30.5. The van der Waals surface area contributed by atoms with Crippen molar-refractivity contribution >= 4 is 0 Å². The summed E-state index contributed by atoms with van der Waals surface area (Å²) in [7, 11) is 1.72.